The summed E-state index contributed by atoms with van der Waals surface area (Å²) in [5.74, 6) is -1.31. The van der Waals surface area contributed by atoms with Crippen LogP contribution in [-0.4, -0.2) is 34.2 Å². The summed E-state index contributed by atoms with van der Waals surface area (Å²) >= 11 is 7.14. The number of hydrogen-bond acceptors (Lipinski definition) is 4. The molecule has 7 heteroatoms. The maximum Gasteiger partial charge on any atom is 0.320 e. The molecule has 0 spiro atoms. The third kappa shape index (κ3) is 4.56. The Morgan fingerprint density at radius 2 is 2.26 bits per heavy atom. The molecule has 1 atom stereocenters. The van der Waals surface area contributed by atoms with E-state index in [-0.39, 0.29) is 22.9 Å². The van der Waals surface area contributed by atoms with Crippen LogP contribution in [0.5, 0.6) is 5.75 Å². The molecule has 0 saturated carbocycles. The van der Waals surface area contributed by atoms with E-state index in [0.717, 1.165) is 0 Å². The second-order valence-corrected chi connectivity index (χ2v) is 5.31. The lowest BCUT2D eigenvalue weighted by Crippen LogP contribution is -2.36. The smallest absolute Gasteiger partial charge is 0.320 e. The number of nitrogens with one attached hydrogen (secondary N) is 1. The molecule has 1 aromatic carbocycles. The van der Waals surface area contributed by atoms with Gasteiger partial charge in [0.05, 0.1) is 5.02 Å². The number of phenols is 1. The van der Waals surface area contributed by atoms with E-state index < -0.39 is 17.8 Å². The molecular formula is C12H15ClFNO3S. The summed E-state index contributed by atoms with van der Waals surface area (Å²) in [6.45, 7) is -0.0937. The van der Waals surface area contributed by atoms with Gasteiger partial charge >= 0.3 is 5.97 Å². The normalized spacial score (nSPS) is 12.4. The van der Waals surface area contributed by atoms with Crippen molar-refractivity contribution in [1.82, 2.24) is 5.32 Å². The molecular weight excluding hydrogens is 293 g/mol. The number of aromatic hydroxyl groups is 1. The van der Waals surface area contributed by atoms with Crippen molar-refractivity contribution in [1.29, 1.82) is 0 Å². The van der Waals surface area contributed by atoms with Crippen LogP contribution < -0.4 is 5.32 Å². The van der Waals surface area contributed by atoms with E-state index in [9.17, 15) is 14.3 Å². The fourth-order valence-corrected chi connectivity index (χ4v) is 2.17. The maximum absolute atomic E-state index is 13.7. The topological polar surface area (TPSA) is 69.6 Å². The standard InChI is InChI=1S/C12H15ClFNO3S/c1-19-5-4-9(12(17)18)15-6-7-10(16)3-2-8(13)11(7)14/h2-3,9,15-16H,4-6H2,1H3,(H,17,18)/t9-/m0/s1. The quantitative estimate of drug-likeness (QED) is 0.722. The summed E-state index contributed by atoms with van der Waals surface area (Å²) < 4.78 is 13.7. The first-order valence-electron chi connectivity index (χ1n) is 5.58. The molecule has 0 amide bonds. The number of carbonyl (C=O) groups is 1. The summed E-state index contributed by atoms with van der Waals surface area (Å²) in [6, 6.07) is 1.74. The van der Waals surface area contributed by atoms with Gasteiger partial charge in [-0.05, 0) is 30.6 Å². The monoisotopic (exact) mass is 307 g/mol. The maximum atomic E-state index is 13.7. The van der Waals surface area contributed by atoms with Crippen molar-refractivity contribution < 1.29 is 19.4 Å². The largest absolute Gasteiger partial charge is 0.508 e. The van der Waals surface area contributed by atoms with Crippen molar-refractivity contribution >= 4 is 29.3 Å². The first kappa shape index (κ1) is 16.1. The van der Waals surface area contributed by atoms with Gasteiger partial charge in [-0.3, -0.25) is 4.79 Å². The van der Waals surface area contributed by atoms with Crippen LogP contribution in [0.25, 0.3) is 0 Å². The zero-order valence-electron chi connectivity index (χ0n) is 10.3. The van der Waals surface area contributed by atoms with Gasteiger partial charge in [-0.15, -0.1) is 0 Å². The lowest BCUT2D eigenvalue weighted by atomic mass is 10.1. The molecule has 0 unspecified atom stereocenters. The van der Waals surface area contributed by atoms with Crippen molar-refractivity contribution in [3.63, 3.8) is 0 Å². The lowest BCUT2D eigenvalue weighted by Gasteiger charge is -2.15. The molecule has 0 aromatic heterocycles. The second kappa shape index (κ2) is 7.57. The third-order valence-electron chi connectivity index (χ3n) is 2.61. The fraction of sp³-hybridized carbons (Fsp3) is 0.417. The molecule has 0 saturated heterocycles. The van der Waals surface area contributed by atoms with Gasteiger partial charge in [0.2, 0.25) is 0 Å². The van der Waals surface area contributed by atoms with Gasteiger partial charge in [-0.2, -0.15) is 11.8 Å². The number of halogens is 2. The van der Waals surface area contributed by atoms with E-state index in [4.69, 9.17) is 16.7 Å². The van der Waals surface area contributed by atoms with E-state index in [1.807, 2.05) is 6.26 Å². The number of rotatable bonds is 7. The Hall–Kier alpha value is -0.980. The predicted molar refractivity (Wildman–Crippen MR) is 74.3 cm³/mol. The minimum absolute atomic E-state index is 0.0251. The average molecular weight is 308 g/mol. The van der Waals surface area contributed by atoms with Crippen molar-refractivity contribution in [3.05, 3.63) is 28.5 Å². The van der Waals surface area contributed by atoms with Gasteiger partial charge in [0.25, 0.3) is 0 Å². The summed E-state index contributed by atoms with van der Waals surface area (Å²) in [4.78, 5) is 11.0. The minimum Gasteiger partial charge on any atom is -0.508 e. The highest BCUT2D eigenvalue weighted by Crippen LogP contribution is 2.26. The van der Waals surface area contributed by atoms with Gasteiger partial charge in [-0.25, -0.2) is 4.39 Å². The van der Waals surface area contributed by atoms with E-state index in [1.165, 1.54) is 23.9 Å². The van der Waals surface area contributed by atoms with Gasteiger partial charge in [0.15, 0.2) is 0 Å². The molecule has 0 heterocycles. The molecule has 4 nitrogen and oxygen atoms in total. The highest BCUT2D eigenvalue weighted by Gasteiger charge is 2.18. The van der Waals surface area contributed by atoms with Crippen LogP contribution in [-0.2, 0) is 11.3 Å². The van der Waals surface area contributed by atoms with Crippen molar-refractivity contribution in [2.75, 3.05) is 12.0 Å². The van der Waals surface area contributed by atoms with E-state index in [1.54, 1.807) is 0 Å². The van der Waals surface area contributed by atoms with Gasteiger partial charge in [0, 0.05) is 12.1 Å². The SMILES string of the molecule is CSCC[C@H](NCc1c(O)ccc(Cl)c1F)C(=O)O. The van der Waals surface area contributed by atoms with Crippen molar-refractivity contribution in [2.24, 2.45) is 0 Å². The van der Waals surface area contributed by atoms with Crippen LogP contribution >= 0.6 is 23.4 Å². The Bertz CT molecular complexity index is 459. The number of hydrogen-bond donors (Lipinski definition) is 3. The van der Waals surface area contributed by atoms with E-state index in [2.05, 4.69) is 5.32 Å². The highest BCUT2D eigenvalue weighted by atomic mass is 35.5. The molecule has 0 aliphatic carbocycles. The summed E-state index contributed by atoms with van der Waals surface area (Å²) in [6.07, 6.45) is 2.29. The first-order chi connectivity index (χ1) is 8.97. The number of aliphatic carboxylic acids is 1. The molecule has 19 heavy (non-hydrogen) atoms. The molecule has 3 N–H and O–H groups in total. The van der Waals surface area contributed by atoms with E-state index >= 15 is 0 Å². The van der Waals surface area contributed by atoms with Crippen LogP contribution in [0, 0.1) is 5.82 Å². The minimum atomic E-state index is -1.00. The van der Waals surface area contributed by atoms with Crippen LogP contribution in [0.2, 0.25) is 5.02 Å². The molecule has 0 fully saturated rings. The highest BCUT2D eigenvalue weighted by molar-refractivity contribution is 7.98. The number of phenolic OH excluding ortho intramolecular Hbond substituents is 1. The summed E-state index contributed by atoms with van der Waals surface area (Å²) in [5.41, 5.74) is -0.0251. The number of carboxylic acids is 1. The van der Waals surface area contributed by atoms with E-state index in [0.29, 0.717) is 12.2 Å². The lowest BCUT2D eigenvalue weighted by molar-refractivity contribution is -0.139. The Morgan fingerprint density at radius 3 is 2.84 bits per heavy atom. The Labute approximate surface area is 120 Å². The predicted octanol–water partition coefficient (Wildman–Crippen LogP) is 2.48. The number of thioether (sulfide) groups is 1. The number of carboxylic acid groups (broad SMARTS) is 1. The fourth-order valence-electron chi connectivity index (χ4n) is 1.52. The summed E-state index contributed by atoms with van der Waals surface area (Å²) in [5, 5.41) is 21.2. The average Bonchev–Trinajstić information content (AvgIpc) is 2.37. The first-order valence-corrected chi connectivity index (χ1v) is 7.35. The molecule has 1 aromatic rings. The molecule has 106 valence electrons. The number of benzene rings is 1. The van der Waals surface area contributed by atoms with Crippen LogP contribution in [0.1, 0.15) is 12.0 Å². The summed E-state index contributed by atoms with van der Waals surface area (Å²) in [7, 11) is 0. The van der Waals surface area contributed by atoms with Crippen molar-refractivity contribution in [2.45, 2.75) is 19.0 Å². The Morgan fingerprint density at radius 1 is 1.58 bits per heavy atom. The molecule has 0 aliphatic rings. The molecule has 0 radical (unpaired) electrons. The second-order valence-electron chi connectivity index (χ2n) is 3.91. The zero-order chi connectivity index (χ0) is 14.4. The Balaban J connectivity index is 2.74. The molecule has 0 aliphatic heterocycles. The van der Waals surface area contributed by atoms with Gasteiger partial charge in [-0.1, -0.05) is 11.6 Å². The zero-order valence-corrected chi connectivity index (χ0v) is 11.9. The third-order valence-corrected chi connectivity index (χ3v) is 3.54. The van der Waals surface area contributed by atoms with Crippen LogP contribution in [0.4, 0.5) is 4.39 Å². The van der Waals surface area contributed by atoms with Gasteiger partial charge < -0.3 is 15.5 Å². The Kier molecular flexibility index (Phi) is 6.41. The van der Waals surface area contributed by atoms with Crippen LogP contribution in [0.15, 0.2) is 12.1 Å². The molecule has 1 rings (SSSR count). The van der Waals surface area contributed by atoms with Crippen molar-refractivity contribution in [3.8, 4) is 5.75 Å². The van der Waals surface area contributed by atoms with Crippen LogP contribution in [0.3, 0.4) is 0 Å². The van der Waals surface area contributed by atoms with Gasteiger partial charge in [0.1, 0.15) is 17.6 Å². The molecule has 0 bridgehead atoms.